The number of likely N-dealkylation sites (tertiary alicyclic amines) is 1. The number of carbonyl (C=O) groups is 1. The standard InChI is InChI=1S/C31H41N7O2/c1-6-27(39)36-17-19-37(20-18-36)31(13-15-35(5)16-14-31)26-10-7-24(8-11-26)23(4)33-30-32-21-25-9-12-28(40)38(22(2)3)29(25)34-30/h6-12,21-23H,1,13-20H2,2-5H3,(H,32,33,34)/t23-/m0/s1. The van der Waals surface area contributed by atoms with E-state index in [9.17, 15) is 9.59 Å². The normalized spacial score (nSPS) is 19.1. The van der Waals surface area contributed by atoms with Crippen molar-refractivity contribution in [3.63, 3.8) is 0 Å². The van der Waals surface area contributed by atoms with Crippen molar-refractivity contribution < 1.29 is 4.79 Å². The molecule has 40 heavy (non-hydrogen) atoms. The Morgan fingerprint density at radius 3 is 2.30 bits per heavy atom. The lowest BCUT2D eigenvalue weighted by Crippen LogP contribution is -2.59. The summed E-state index contributed by atoms with van der Waals surface area (Å²) in [4.78, 5) is 40.7. The number of hydrogen-bond acceptors (Lipinski definition) is 7. The number of nitrogens with zero attached hydrogens (tertiary/aromatic N) is 6. The minimum absolute atomic E-state index is 0.00117. The molecule has 1 aromatic carbocycles. The Morgan fingerprint density at radius 1 is 1.00 bits per heavy atom. The van der Waals surface area contributed by atoms with Crippen LogP contribution in [-0.4, -0.2) is 81.5 Å². The number of piperazine rings is 1. The van der Waals surface area contributed by atoms with E-state index >= 15 is 0 Å². The summed E-state index contributed by atoms with van der Waals surface area (Å²) in [6.45, 7) is 15.0. The van der Waals surface area contributed by atoms with Crippen LogP contribution in [0.4, 0.5) is 5.95 Å². The van der Waals surface area contributed by atoms with E-state index in [2.05, 4.69) is 64.9 Å². The largest absolute Gasteiger partial charge is 0.348 e. The van der Waals surface area contributed by atoms with Crippen LogP contribution < -0.4 is 10.9 Å². The molecule has 2 aliphatic heterocycles. The number of benzene rings is 1. The molecular formula is C31H41N7O2. The van der Waals surface area contributed by atoms with Crippen molar-refractivity contribution in [3.05, 3.63) is 76.7 Å². The van der Waals surface area contributed by atoms with Gasteiger partial charge in [0.1, 0.15) is 5.65 Å². The van der Waals surface area contributed by atoms with Gasteiger partial charge in [0.2, 0.25) is 11.9 Å². The maximum absolute atomic E-state index is 12.5. The molecule has 2 aliphatic rings. The van der Waals surface area contributed by atoms with Crippen molar-refractivity contribution in [1.82, 2.24) is 29.2 Å². The minimum atomic E-state index is -0.0626. The first kappa shape index (κ1) is 28.0. The Morgan fingerprint density at radius 2 is 1.68 bits per heavy atom. The Balaban J connectivity index is 1.36. The van der Waals surface area contributed by atoms with Gasteiger partial charge in [0.25, 0.3) is 5.56 Å². The molecule has 0 unspecified atom stereocenters. The predicted molar refractivity (Wildman–Crippen MR) is 159 cm³/mol. The minimum Gasteiger partial charge on any atom is -0.348 e. The Labute approximate surface area is 236 Å². The average molecular weight is 544 g/mol. The zero-order chi connectivity index (χ0) is 28.4. The van der Waals surface area contributed by atoms with E-state index in [1.54, 1.807) is 22.9 Å². The first-order chi connectivity index (χ1) is 19.2. The third kappa shape index (κ3) is 5.40. The summed E-state index contributed by atoms with van der Waals surface area (Å²) in [5, 5.41) is 4.28. The van der Waals surface area contributed by atoms with Gasteiger partial charge in [-0.3, -0.25) is 19.1 Å². The second-order valence-corrected chi connectivity index (χ2v) is 11.4. The van der Waals surface area contributed by atoms with Crippen LogP contribution in [0.5, 0.6) is 0 Å². The summed E-state index contributed by atoms with van der Waals surface area (Å²) >= 11 is 0. The van der Waals surface area contributed by atoms with Crippen molar-refractivity contribution in [3.8, 4) is 0 Å². The highest BCUT2D eigenvalue weighted by Crippen LogP contribution is 2.40. The molecule has 9 heteroatoms. The molecule has 9 nitrogen and oxygen atoms in total. The predicted octanol–water partition coefficient (Wildman–Crippen LogP) is 3.80. The van der Waals surface area contributed by atoms with Crippen LogP contribution in [0.15, 0.2) is 60.0 Å². The van der Waals surface area contributed by atoms with Gasteiger partial charge in [-0.25, -0.2) is 4.98 Å². The fourth-order valence-corrected chi connectivity index (χ4v) is 6.23. The highest BCUT2D eigenvalue weighted by Gasteiger charge is 2.42. The molecule has 2 fully saturated rings. The van der Waals surface area contributed by atoms with Crippen LogP contribution in [0.3, 0.4) is 0 Å². The monoisotopic (exact) mass is 543 g/mol. The molecule has 4 heterocycles. The highest BCUT2D eigenvalue weighted by molar-refractivity contribution is 5.87. The maximum Gasteiger partial charge on any atom is 0.252 e. The molecule has 1 N–H and O–H groups in total. The van der Waals surface area contributed by atoms with E-state index in [0.29, 0.717) is 11.6 Å². The highest BCUT2D eigenvalue weighted by atomic mass is 16.2. The van der Waals surface area contributed by atoms with Crippen LogP contribution in [0.25, 0.3) is 11.0 Å². The van der Waals surface area contributed by atoms with Crippen molar-refractivity contribution in [2.75, 3.05) is 51.6 Å². The number of amides is 1. The van der Waals surface area contributed by atoms with Gasteiger partial charge in [0, 0.05) is 55.4 Å². The molecule has 3 aromatic rings. The lowest BCUT2D eigenvalue weighted by atomic mass is 9.78. The second-order valence-electron chi connectivity index (χ2n) is 11.4. The van der Waals surface area contributed by atoms with Gasteiger partial charge in [0.05, 0.1) is 6.04 Å². The molecule has 5 rings (SSSR count). The average Bonchev–Trinajstić information content (AvgIpc) is 2.97. The summed E-state index contributed by atoms with van der Waals surface area (Å²) in [7, 11) is 2.19. The van der Waals surface area contributed by atoms with E-state index in [1.807, 2.05) is 18.7 Å². The second kappa shape index (κ2) is 11.5. The quantitative estimate of drug-likeness (QED) is 0.454. The lowest BCUT2D eigenvalue weighted by molar-refractivity contribution is -0.129. The van der Waals surface area contributed by atoms with E-state index in [0.717, 1.165) is 63.1 Å². The van der Waals surface area contributed by atoms with E-state index in [1.165, 1.54) is 11.6 Å². The Hall–Kier alpha value is -3.56. The summed E-state index contributed by atoms with van der Waals surface area (Å²) in [6, 6.07) is 12.3. The van der Waals surface area contributed by atoms with E-state index in [4.69, 9.17) is 4.98 Å². The molecule has 0 saturated carbocycles. The summed E-state index contributed by atoms with van der Waals surface area (Å²) in [6.07, 6.45) is 5.31. The molecule has 0 radical (unpaired) electrons. The number of piperidine rings is 1. The van der Waals surface area contributed by atoms with Gasteiger partial charge in [-0.15, -0.1) is 0 Å². The third-order valence-electron chi connectivity index (χ3n) is 8.66. The molecule has 2 saturated heterocycles. The van der Waals surface area contributed by atoms with Crippen LogP contribution in [0.2, 0.25) is 0 Å². The molecular weight excluding hydrogens is 502 g/mol. The fraction of sp³-hybridized carbons (Fsp3) is 0.484. The van der Waals surface area contributed by atoms with Crippen molar-refractivity contribution >= 4 is 22.9 Å². The number of rotatable bonds is 7. The summed E-state index contributed by atoms with van der Waals surface area (Å²) < 4.78 is 1.70. The van der Waals surface area contributed by atoms with Crippen molar-refractivity contribution in [2.45, 2.75) is 51.2 Å². The van der Waals surface area contributed by atoms with Gasteiger partial charge in [-0.2, -0.15) is 4.98 Å². The lowest BCUT2D eigenvalue weighted by Gasteiger charge is -2.51. The maximum atomic E-state index is 12.5. The van der Waals surface area contributed by atoms with Crippen LogP contribution >= 0.6 is 0 Å². The number of aromatic nitrogens is 3. The molecule has 0 aliphatic carbocycles. The van der Waals surface area contributed by atoms with Gasteiger partial charge in [0.15, 0.2) is 0 Å². The fourth-order valence-electron chi connectivity index (χ4n) is 6.23. The van der Waals surface area contributed by atoms with Crippen molar-refractivity contribution in [2.24, 2.45) is 0 Å². The first-order valence-corrected chi connectivity index (χ1v) is 14.3. The molecule has 0 bridgehead atoms. The summed E-state index contributed by atoms with van der Waals surface area (Å²) in [5.41, 5.74) is 3.02. The zero-order valence-electron chi connectivity index (χ0n) is 24.1. The summed E-state index contributed by atoms with van der Waals surface area (Å²) in [5.74, 6) is 0.522. The Kier molecular flexibility index (Phi) is 8.05. The molecule has 1 atom stereocenters. The number of carbonyl (C=O) groups excluding carboxylic acids is 1. The zero-order valence-corrected chi connectivity index (χ0v) is 24.1. The first-order valence-electron chi connectivity index (χ1n) is 14.3. The number of hydrogen-bond donors (Lipinski definition) is 1. The van der Waals surface area contributed by atoms with Crippen LogP contribution in [0.1, 0.15) is 56.8 Å². The van der Waals surface area contributed by atoms with Crippen LogP contribution in [0, 0.1) is 0 Å². The number of anilines is 1. The number of pyridine rings is 1. The van der Waals surface area contributed by atoms with Gasteiger partial charge in [-0.1, -0.05) is 30.8 Å². The molecule has 212 valence electrons. The number of nitrogens with one attached hydrogen (secondary N) is 1. The molecule has 1 amide bonds. The topological polar surface area (TPSA) is 86.6 Å². The van der Waals surface area contributed by atoms with Gasteiger partial charge < -0.3 is 15.1 Å². The number of fused-ring (bicyclic) bond motifs is 1. The van der Waals surface area contributed by atoms with Crippen molar-refractivity contribution in [1.29, 1.82) is 0 Å². The van der Waals surface area contributed by atoms with Gasteiger partial charge >= 0.3 is 0 Å². The SMILES string of the molecule is C=CC(=O)N1CCN(C2(c3ccc([C@H](C)Nc4ncc5ccc(=O)n(C(C)C)c5n4)cc3)CCN(C)CC2)CC1. The molecule has 0 spiro atoms. The van der Waals surface area contributed by atoms with E-state index in [-0.39, 0.29) is 29.1 Å². The van der Waals surface area contributed by atoms with E-state index < -0.39 is 0 Å². The Bertz CT molecular complexity index is 1420. The molecule has 2 aromatic heterocycles. The third-order valence-corrected chi connectivity index (χ3v) is 8.66. The van der Waals surface area contributed by atoms with Crippen LogP contribution in [-0.2, 0) is 10.3 Å². The smallest absolute Gasteiger partial charge is 0.252 e. The van der Waals surface area contributed by atoms with Gasteiger partial charge in [-0.05, 0) is 77.0 Å².